The molecule has 1 heterocycles. The van der Waals surface area contributed by atoms with Gasteiger partial charge in [-0.05, 0) is 31.0 Å². The van der Waals surface area contributed by atoms with Crippen LogP contribution >= 0.6 is 0 Å². The van der Waals surface area contributed by atoms with Crippen LogP contribution in [0, 0.1) is 0 Å². The number of nitrogens with one attached hydrogen (secondary N) is 1. The van der Waals surface area contributed by atoms with Crippen molar-refractivity contribution in [3.05, 3.63) is 24.0 Å². The smallest absolute Gasteiger partial charge is 0.110 e. The van der Waals surface area contributed by atoms with E-state index in [-0.39, 0.29) is 0 Å². The van der Waals surface area contributed by atoms with Crippen molar-refractivity contribution in [3.8, 4) is 0 Å². The summed E-state index contributed by atoms with van der Waals surface area (Å²) in [5.74, 6) is 1.78. The maximum atomic E-state index is 5.73. The molecule has 3 heteroatoms. The SMILES string of the molecule is Nc1ccc2[nH]c(C3CCCC3)nc2c1. The van der Waals surface area contributed by atoms with E-state index in [0.29, 0.717) is 5.92 Å². The second-order valence-electron chi connectivity index (χ2n) is 4.38. The summed E-state index contributed by atoms with van der Waals surface area (Å²) in [6.45, 7) is 0. The summed E-state index contributed by atoms with van der Waals surface area (Å²) in [5, 5.41) is 0. The van der Waals surface area contributed by atoms with Gasteiger partial charge in [-0.1, -0.05) is 12.8 Å². The fourth-order valence-corrected chi connectivity index (χ4v) is 2.44. The number of fused-ring (bicyclic) bond motifs is 1. The Morgan fingerprint density at radius 1 is 1.27 bits per heavy atom. The fraction of sp³-hybridized carbons (Fsp3) is 0.417. The maximum Gasteiger partial charge on any atom is 0.110 e. The molecule has 0 amide bonds. The fourth-order valence-electron chi connectivity index (χ4n) is 2.44. The van der Waals surface area contributed by atoms with Crippen LogP contribution in [0.3, 0.4) is 0 Å². The van der Waals surface area contributed by atoms with Gasteiger partial charge in [0.2, 0.25) is 0 Å². The molecule has 0 radical (unpaired) electrons. The molecule has 78 valence electrons. The second kappa shape index (κ2) is 3.26. The number of hydrogen-bond acceptors (Lipinski definition) is 2. The zero-order valence-corrected chi connectivity index (χ0v) is 8.66. The number of imidazole rings is 1. The summed E-state index contributed by atoms with van der Waals surface area (Å²) in [6, 6.07) is 5.86. The first kappa shape index (κ1) is 8.77. The van der Waals surface area contributed by atoms with Gasteiger partial charge in [-0.25, -0.2) is 4.98 Å². The monoisotopic (exact) mass is 201 g/mol. The Morgan fingerprint density at radius 3 is 2.87 bits per heavy atom. The summed E-state index contributed by atoms with van der Waals surface area (Å²) in [7, 11) is 0. The molecular weight excluding hydrogens is 186 g/mol. The number of nitrogens with zero attached hydrogens (tertiary/aromatic N) is 1. The third-order valence-electron chi connectivity index (χ3n) is 3.27. The van der Waals surface area contributed by atoms with Gasteiger partial charge < -0.3 is 10.7 Å². The highest BCUT2D eigenvalue weighted by molar-refractivity contribution is 5.78. The highest BCUT2D eigenvalue weighted by atomic mass is 14.9. The second-order valence-corrected chi connectivity index (χ2v) is 4.38. The number of aromatic nitrogens is 2. The van der Waals surface area contributed by atoms with Gasteiger partial charge in [0.15, 0.2) is 0 Å². The lowest BCUT2D eigenvalue weighted by Crippen LogP contribution is -1.93. The molecule has 0 aliphatic heterocycles. The van der Waals surface area contributed by atoms with Crippen molar-refractivity contribution in [2.45, 2.75) is 31.6 Å². The normalized spacial score (nSPS) is 17.6. The van der Waals surface area contributed by atoms with Crippen LogP contribution in [0.4, 0.5) is 5.69 Å². The number of H-pyrrole nitrogens is 1. The first-order valence-corrected chi connectivity index (χ1v) is 5.58. The highest BCUT2D eigenvalue weighted by Gasteiger charge is 2.20. The van der Waals surface area contributed by atoms with Crippen LogP contribution in [0.2, 0.25) is 0 Å². The lowest BCUT2D eigenvalue weighted by molar-refractivity contribution is 0.681. The predicted octanol–water partition coefficient (Wildman–Crippen LogP) is 2.80. The number of nitrogens with two attached hydrogens (primary N) is 1. The average Bonchev–Trinajstić information content (AvgIpc) is 2.84. The molecule has 1 fully saturated rings. The van der Waals surface area contributed by atoms with Crippen molar-refractivity contribution in [3.63, 3.8) is 0 Å². The van der Waals surface area contributed by atoms with Crippen LogP contribution in [0.25, 0.3) is 11.0 Å². The van der Waals surface area contributed by atoms with Gasteiger partial charge >= 0.3 is 0 Å². The van der Waals surface area contributed by atoms with E-state index in [1.807, 2.05) is 18.2 Å². The minimum absolute atomic E-state index is 0.638. The van der Waals surface area contributed by atoms with Crippen molar-refractivity contribution < 1.29 is 0 Å². The molecular formula is C12H15N3. The summed E-state index contributed by atoms with van der Waals surface area (Å²) < 4.78 is 0. The van der Waals surface area contributed by atoms with E-state index in [1.54, 1.807) is 0 Å². The quantitative estimate of drug-likeness (QED) is 0.697. The molecule has 0 atom stereocenters. The van der Waals surface area contributed by atoms with Gasteiger partial charge in [0.05, 0.1) is 11.0 Å². The molecule has 3 rings (SSSR count). The van der Waals surface area contributed by atoms with Crippen molar-refractivity contribution in [1.29, 1.82) is 0 Å². The third kappa shape index (κ3) is 1.48. The molecule has 0 saturated heterocycles. The molecule has 1 aromatic heterocycles. The number of rotatable bonds is 1. The zero-order chi connectivity index (χ0) is 10.3. The first-order chi connectivity index (χ1) is 7.33. The van der Waals surface area contributed by atoms with Gasteiger partial charge in [0, 0.05) is 11.6 Å². The Bertz CT molecular complexity index is 481. The Kier molecular flexibility index (Phi) is 1.91. The minimum Gasteiger partial charge on any atom is -0.399 e. The van der Waals surface area contributed by atoms with Crippen molar-refractivity contribution in [1.82, 2.24) is 9.97 Å². The number of aromatic amines is 1. The Hall–Kier alpha value is -1.51. The van der Waals surface area contributed by atoms with E-state index in [2.05, 4.69) is 9.97 Å². The van der Waals surface area contributed by atoms with E-state index in [0.717, 1.165) is 22.5 Å². The molecule has 0 unspecified atom stereocenters. The average molecular weight is 201 g/mol. The van der Waals surface area contributed by atoms with Gasteiger partial charge in [-0.15, -0.1) is 0 Å². The number of benzene rings is 1. The molecule has 1 aromatic carbocycles. The Morgan fingerprint density at radius 2 is 2.07 bits per heavy atom. The minimum atomic E-state index is 0.638. The van der Waals surface area contributed by atoms with Gasteiger partial charge in [-0.2, -0.15) is 0 Å². The number of hydrogen-bond donors (Lipinski definition) is 2. The summed E-state index contributed by atoms with van der Waals surface area (Å²) in [6.07, 6.45) is 5.22. The lowest BCUT2D eigenvalue weighted by Gasteiger charge is -2.02. The molecule has 1 saturated carbocycles. The van der Waals surface area contributed by atoms with Crippen LogP contribution in [0.1, 0.15) is 37.4 Å². The zero-order valence-electron chi connectivity index (χ0n) is 8.66. The van der Waals surface area contributed by atoms with Crippen LogP contribution in [0.15, 0.2) is 18.2 Å². The van der Waals surface area contributed by atoms with Gasteiger partial charge in [0.25, 0.3) is 0 Å². The molecule has 3 N–H and O–H groups in total. The molecule has 1 aliphatic rings. The summed E-state index contributed by atoms with van der Waals surface area (Å²) in [4.78, 5) is 8.02. The molecule has 15 heavy (non-hydrogen) atoms. The Labute approximate surface area is 88.7 Å². The van der Waals surface area contributed by atoms with E-state index in [1.165, 1.54) is 25.7 Å². The molecule has 0 spiro atoms. The first-order valence-electron chi connectivity index (χ1n) is 5.58. The van der Waals surface area contributed by atoms with E-state index in [9.17, 15) is 0 Å². The predicted molar refractivity (Wildman–Crippen MR) is 61.7 cm³/mol. The third-order valence-corrected chi connectivity index (χ3v) is 3.27. The van der Waals surface area contributed by atoms with Crippen LogP contribution in [-0.2, 0) is 0 Å². The standard InChI is InChI=1S/C12H15N3/c13-9-5-6-10-11(7-9)15-12(14-10)8-3-1-2-4-8/h5-8H,1-4,13H2,(H,14,15). The van der Waals surface area contributed by atoms with Crippen molar-refractivity contribution >= 4 is 16.7 Å². The van der Waals surface area contributed by atoms with Crippen LogP contribution < -0.4 is 5.73 Å². The summed E-state index contributed by atoms with van der Waals surface area (Å²) >= 11 is 0. The molecule has 1 aliphatic carbocycles. The van der Waals surface area contributed by atoms with E-state index >= 15 is 0 Å². The number of anilines is 1. The van der Waals surface area contributed by atoms with Crippen molar-refractivity contribution in [2.75, 3.05) is 5.73 Å². The number of nitrogen functional groups attached to an aromatic ring is 1. The highest BCUT2D eigenvalue weighted by Crippen LogP contribution is 2.33. The van der Waals surface area contributed by atoms with Gasteiger partial charge in [0.1, 0.15) is 5.82 Å². The van der Waals surface area contributed by atoms with Crippen molar-refractivity contribution in [2.24, 2.45) is 0 Å². The van der Waals surface area contributed by atoms with Gasteiger partial charge in [-0.3, -0.25) is 0 Å². The van der Waals surface area contributed by atoms with E-state index < -0.39 is 0 Å². The Balaban J connectivity index is 2.05. The molecule has 3 nitrogen and oxygen atoms in total. The largest absolute Gasteiger partial charge is 0.399 e. The topological polar surface area (TPSA) is 54.7 Å². The lowest BCUT2D eigenvalue weighted by atomic mass is 10.1. The van der Waals surface area contributed by atoms with Crippen LogP contribution in [0.5, 0.6) is 0 Å². The molecule has 2 aromatic rings. The molecule has 0 bridgehead atoms. The summed E-state index contributed by atoms with van der Waals surface area (Å²) in [5.41, 5.74) is 8.62. The van der Waals surface area contributed by atoms with Crippen LogP contribution in [-0.4, -0.2) is 9.97 Å². The van der Waals surface area contributed by atoms with E-state index in [4.69, 9.17) is 5.73 Å². The maximum absolute atomic E-state index is 5.73.